The molecule has 0 spiro atoms. The summed E-state index contributed by atoms with van der Waals surface area (Å²) in [7, 11) is -6.52. The Balaban J connectivity index is 1.53. The monoisotopic (exact) mass is 557 g/mol. The summed E-state index contributed by atoms with van der Waals surface area (Å²) in [6.45, 7) is 0. The highest BCUT2D eigenvalue weighted by Gasteiger charge is 2.24. The molecule has 37 heavy (non-hydrogen) atoms. The number of nitrogens with zero attached hydrogens (tertiary/aromatic N) is 3. The molecule has 1 aromatic heterocycles. The van der Waals surface area contributed by atoms with Crippen molar-refractivity contribution >= 4 is 54.9 Å². The Morgan fingerprint density at radius 3 is 2.11 bits per heavy atom. The van der Waals surface area contributed by atoms with Crippen molar-refractivity contribution in [2.45, 2.75) is 9.79 Å². The molecular weight excluding hydrogens is 538 g/mol. The number of carbonyl (C=O) groups is 1. The lowest BCUT2D eigenvalue weighted by Gasteiger charge is -2.20. The average Bonchev–Trinajstić information content (AvgIpc) is 2.89. The van der Waals surface area contributed by atoms with Gasteiger partial charge in [-0.05, 0) is 60.7 Å². The van der Waals surface area contributed by atoms with Crippen LogP contribution < -0.4 is 14.3 Å². The summed E-state index contributed by atoms with van der Waals surface area (Å²) in [4.78, 5) is 20.4. The molecule has 1 amide bonds. The van der Waals surface area contributed by atoms with Crippen molar-refractivity contribution in [2.75, 3.05) is 21.4 Å². The number of hydrogen-bond acceptors (Lipinski definition) is 7. The summed E-state index contributed by atoms with van der Waals surface area (Å²) in [6, 6.07) is 19.2. The first kappa shape index (κ1) is 26.1. The Kier molecular flexibility index (Phi) is 7.43. The minimum absolute atomic E-state index is 0.0464. The van der Waals surface area contributed by atoms with Gasteiger partial charge in [0.05, 0.1) is 26.1 Å². The van der Waals surface area contributed by atoms with E-state index in [1.807, 2.05) is 0 Å². The zero-order valence-corrected chi connectivity index (χ0v) is 21.6. The van der Waals surface area contributed by atoms with Gasteiger partial charge < -0.3 is 5.32 Å². The summed E-state index contributed by atoms with van der Waals surface area (Å²) in [5, 5.41) is 2.64. The first-order valence-corrected chi connectivity index (χ1v) is 13.9. The van der Waals surface area contributed by atoms with Crippen molar-refractivity contribution in [1.82, 2.24) is 9.97 Å². The molecule has 13 heteroatoms. The predicted octanol–water partition coefficient (Wildman–Crippen LogP) is 4.01. The van der Waals surface area contributed by atoms with Crippen molar-refractivity contribution in [3.63, 3.8) is 0 Å². The molecule has 4 rings (SSSR count). The van der Waals surface area contributed by atoms with E-state index in [9.17, 15) is 21.6 Å². The number of anilines is 3. The number of sulfonamides is 2. The van der Waals surface area contributed by atoms with Crippen molar-refractivity contribution in [2.24, 2.45) is 0 Å². The highest BCUT2D eigenvalue weighted by molar-refractivity contribution is 7.93. The van der Waals surface area contributed by atoms with Gasteiger partial charge in [-0.1, -0.05) is 29.8 Å². The summed E-state index contributed by atoms with van der Waals surface area (Å²) in [5.74, 6) is -0.752. The molecule has 0 atom stereocenters. The van der Waals surface area contributed by atoms with Crippen LogP contribution in [-0.4, -0.2) is 39.8 Å². The van der Waals surface area contributed by atoms with Crippen LogP contribution in [-0.2, 0) is 20.0 Å². The van der Waals surface area contributed by atoms with Gasteiger partial charge in [-0.3, -0.25) is 9.10 Å². The normalized spacial score (nSPS) is 11.5. The number of nitrogens with one attached hydrogen (secondary N) is 2. The lowest BCUT2D eigenvalue weighted by molar-refractivity contribution is 0.102. The molecule has 4 aromatic rings. The lowest BCUT2D eigenvalue weighted by atomic mass is 10.2. The number of rotatable bonds is 8. The minimum Gasteiger partial charge on any atom is -0.322 e. The molecule has 2 N–H and O–H groups in total. The Labute approximate surface area is 219 Å². The highest BCUT2D eigenvalue weighted by Crippen LogP contribution is 2.26. The molecule has 0 aliphatic rings. The maximum atomic E-state index is 13.1. The summed E-state index contributed by atoms with van der Waals surface area (Å²) in [5.41, 5.74) is 0.654. The number of benzene rings is 3. The van der Waals surface area contributed by atoms with Crippen LogP contribution in [0.1, 0.15) is 10.4 Å². The van der Waals surface area contributed by atoms with Crippen LogP contribution in [0.15, 0.2) is 101 Å². The standard InChI is InChI=1S/C24H20ClN5O5S2/c1-30(18-6-3-2-4-7-18)37(34,35)20-12-13-22(25)21(16-20)23(31)28-17-8-10-19(11-9-17)36(32,33)29-24-26-14-5-15-27-24/h2-16H,1H3,(H,28,31)(H,26,27,29). The molecular formula is C24H20ClN5O5S2. The van der Waals surface area contributed by atoms with Gasteiger partial charge in [0, 0.05) is 25.1 Å². The first-order chi connectivity index (χ1) is 17.6. The molecule has 0 aliphatic heterocycles. The summed E-state index contributed by atoms with van der Waals surface area (Å²) < 4.78 is 54.7. The van der Waals surface area contributed by atoms with Crippen molar-refractivity contribution in [1.29, 1.82) is 0 Å². The zero-order valence-electron chi connectivity index (χ0n) is 19.2. The average molecular weight is 558 g/mol. The van der Waals surface area contributed by atoms with Gasteiger partial charge in [0.1, 0.15) is 0 Å². The van der Waals surface area contributed by atoms with Gasteiger partial charge in [0.25, 0.3) is 26.0 Å². The van der Waals surface area contributed by atoms with E-state index in [2.05, 4.69) is 20.0 Å². The molecule has 0 aliphatic carbocycles. The van der Waals surface area contributed by atoms with Gasteiger partial charge in [-0.15, -0.1) is 0 Å². The van der Waals surface area contributed by atoms with E-state index in [1.165, 1.54) is 61.9 Å². The van der Waals surface area contributed by atoms with E-state index in [0.29, 0.717) is 5.69 Å². The SMILES string of the molecule is CN(c1ccccc1)S(=O)(=O)c1ccc(Cl)c(C(=O)Nc2ccc(S(=O)(=O)Nc3ncccn3)cc2)c1. The van der Waals surface area contributed by atoms with Crippen LogP contribution in [0.2, 0.25) is 5.02 Å². The number of carbonyl (C=O) groups excluding carboxylic acids is 1. The second kappa shape index (κ2) is 10.5. The van der Waals surface area contributed by atoms with Crippen molar-refractivity contribution in [3.8, 4) is 0 Å². The molecule has 0 saturated carbocycles. The molecule has 0 bridgehead atoms. The highest BCUT2D eigenvalue weighted by atomic mass is 35.5. The summed E-state index contributed by atoms with van der Waals surface area (Å²) >= 11 is 6.20. The van der Waals surface area contributed by atoms with E-state index in [4.69, 9.17) is 11.6 Å². The van der Waals surface area contributed by atoms with E-state index in [0.717, 1.165) is 4.31 Å². The van der Waals surface area contributed by atoms with Crippen molar-refractivity contribution in [3.05, 3.63) is 102 Å². The molecule has 0 unspecified atom stereocenters. The fourth-order valence-electron chi connectivity index (χ4n) is 3.22. The fraction of sp³-hybridized carbons (Fsp3) is 0.0417. The Bertz CT molecular complexity index is 1630. The van der Waals surface area contributed by atoms with Crippen LogP contribution >= 0.6 is 11.6 Å². The minimum atomic E-state index is -3.97. The second-order valence-electron chi connectivity index (χ2n) is 7.61. The van der Waals surface area contributed by atoms with E-state index in [-0.39, 0.29) is 32.0 Å². The zero-order chi connectivity index (χ0) is 26.6. The first-order valence-electron chi connectivity index (χ1n) is 10.6. The van der Waals surface area contributed by atoms with Crippen LogP contribution in [0.3, 0.4) is 0 Å². The number of aromatic nitrogens is 2. The largest absolute Gasteiger partial charge is 0.322 e. The smallest absolute Gasteiger partial charge is 0.264 e. The van der Waals surface area contributed by atoms with Crippen LogP contribution in [0, 0.1) is 0 Å². The van der Waals surface area contributed by atoms with Crippen LogP contribution in [0.5, 0.6) is 0 Å². The third kappa shape index (κ3) is 5.88. The predicted molar refractivity (Wildman–Crippen MR) is 141 cm³/mol. The number of para-hydroxylation sites is 1. The molecule has 0 fully saturated rings. The topological polar surface area (TPSA) is 138 Å². The second-order valence-corrected chi connectivity index (χ2v) is 11.7. The molecule has 0 radical (unpaired) electrons. The summed E-state index contributed by atoms with van der Waals surface area (Å²) in [6.07, 6.45) is 2.79. The van der Waals surface area contributed by atoms with Gasteiger partial charge in [-0.25, -0.2) is 31.5 Å². The van der Waals surface area contributed by atoms with Crippen LogP contribution in [0.4, 0.5) is 17.3 Å². The van der Waals surface area contributed by atoms with E-state index < -0.39 is 26.0 Å². The van der Waals surface area contributed by atoms with E-state index in [1.54, 1.807) is 36.4 Å². The third-order valence-corrected chi connectivity index (χ3v) is 8.63. The Hall–Kier alpha value is -4.00. The van der Waals surface area contributed by atoms with Gasteiger partial charge in [0.15, 0.2) is 0 Å². The fourth-order valence-corrected chi connectivity index (χ4v) is 5.60. The molecule has 10 nitrogen and oxygen atoms in total. The number of amides is 1. The van der Waals surface area contributed by atoms with Gasteiger partial charge in [0.2, 0.25) is 5.95 Å². The number of hydrogen-bond donors (Lipinski definition) is 2. The van der Waals surface area contributed by atoms with E-state index >= 15 is 0 Å². The lowest BCUT2D eigenvalue weighted by Crippen LogP contribution is -2.27. The van der Waals surface area contributed by atoms with Gasteiger partial charge >= 0.3 is 0 Å². The molecule has 1 heterocycles. The molecule has 0 saturated heterocycles. The maximum absolute atomic E-state index is 13.1. The maximum Gasteiger partial charge on any atom is 0.264 e. The quantitative estimate of drug-likeness (QED) is 0.334. The third-order valence-electron chi connectivity index (χ3n) is 5.17. The van der Waals surface area contributed by atoms with Gasteiger partial charge in [-0.2, -0.15) is 0 Å². The van der Waals surface area contributed by atoms with Crippen molar-refractivity contribution < 1.29 is 21.6 Å². The molecule has 190 valence electrons. The Morgan fingerprint density at radius 2 is 1.46 bits per heavy atom. The van der Waals surface area contributed by atoms with Crippen LogP contribution in [0.25, 0.3) is 0 Å². The molecule has 3 aromatic carbocycles. The number of halogens is 1. The Morgan fingerprint density at radius 1 is 0.838 bits per heavy atom.